The average molecular weight is 889 g/mol. The first-order valence-electron chi connectivity index (χ1n) is 26.8. The highest BCUT2D eigenvalue weighted by molar-refractivity contribution is 5.70. The van der Waals surface area contributed by atoms with E-state index in [4.69, 9.17) is 14.2 Å². The van der Waals surface area contributed by atoms with Crippen molar-refractivity contribution >= 4 is 11.9 Å². The van der Waals surface area contributed by atoms with Crippen LogP contribution in [0, 0.1) is 0 Å². The Labute approximate surface area is 396 Å². The summed E-state index contributed by atoms with van der Waals surface area (Å²) in [5, 5.41) is 0. The van der Waals surface area contributed by atoms with Crippen LogP contribution in [0.25, 0.3) is 0 Å². The summed E-state index contributed by atoms with van der Waals surface area (Å²) in [6.45, 7) is 7.53. The molecule has 0 amide bonds. The second kappa shape index (κ2) is 54.2. The summed E-state index contributed by atoms with van der Waals surface area (Å²) in [6, 6.07) is 0. The fraction of sp³-hybridized carbons (Fsp3) is 0.695. The fourth-order valence-electron chi connectivity index (χ4n) is 7.16. The molecule has 0 aromatic carbocycles. The Morgan fingerprint density at radius 1 is 0.359 bits per heavy atom. The zero-order valence-corrected chi connectivity index (χ0v) is 42.0. The lowest BCUT2D eigenvalue weighted by Crippen LogP contribution is -2.30. The van der Waals surface area contributed by atoms with Crippen LogP contribution < -0.4 is 0 Å². The third kappa shape index (κ3) is 51.5. The van der Waals surface area contributed by atoms with E-state index in [1.165, 1.54) is 89.9 Å². The zero-order valence-electron chi connectivity index (χ0n) is 42.0. The second-order valence-electron chi connectivity index (χ2n) is 17.4. The molecule has 0 bridgehead atoms. The van der Waals surface area contributed by atoms with E-state index in [0.29, 0.717) is 19.4 Å². The van der Waals surface area contributed by atoms with Crippen molar-refractivity contribution in [3.8, 4) is 0 Å². The van der Waals surface area contributed by atoms with E-state index in [1.54, 1.807) is 0 Å². The molecule has 0 aliphatic carbocycles. The summed E-state index contributed by atoms with van der Waals surface area (Å²) in [5.41, 5.74) is 0. The molecule has 0 saturated heterocycles. The summed E-state index contributed by atoms with van der Waals surface area (Å²) in [7, 11) is 0. The lowest BCUT2D eigenvalue weighted by Gasteiger charge is -2.18. The van der Waals surface area contributed by atoms with Gasteiger partial charge in [-0.1, -0.05) is 208 Å². The Balaban J connectivity index is 4.35. The van der Waals surface area contributed by atoms with Crippen LogP contribution in [0.4, 0.5) is 0 Å². The maximum Gasteiger partial charge on any atom is 0.306 e. The molecule has 0 radical (unpaired) electrons. The molecule has 0 aliphatic heterocycles. The monoisotopic (exact) mass is 889 g/mol. The number of carbonyl (C=O) groups is 2. The third-order valence-electron chi connectivity index (χ3n) is 11.1. The third-order valence-corrected chi connectivity index (χ3v) is 11.1. The largest absolute Gasteiger partial charge is 0.462 e. The van der Waals surface area contributed by atoms with Crippen LogP contribution in [0.3, 0.4) is 0 Å². The number of esters is 2. The molecule has 5 nitrogen and oxygen atoms in total. The number of hydrogen-bond donors (Lipinski definition) is 0. The normalized spacial score (nSPS) is 13.0. The van der Waals surface area contributed by atoms with Crippen LogP contribution in [0.15, 0.2) is 97.2 Å². The summed E-state index contributed by atoms with van der Waals surface area (Å²) in [5.74, 6) is -0.433. The lowest BCUT2D eigenvalue weighted by atomic mass is 10.1. The first kappa shape index (κ1) is 60.8. The highest BCUT2D eigenvalue weighted by Crippen LogP contribution is 2.13. The van der Waals surface area contributed by atoms with Gasteiger partial charge in [0.25, 0.3) is 0 Å². The van der Waals surface area contributed by atoms with Crippen molar-refractivity contribution in [3.63, 3.8) is 0 Å². The molecule has 0 aromatic rings. The van der Waals surface area contributed by atoms with E-state index >= 15 is 0 Å². The predicted molar refractivity (Wildman–Crippen MR) is 279 cm³/mol. The Morgan fingerprint density at radius 3 is 1.12 bits per heavy atom. The van der Waals surface area contributed by atoms with Gasteiger partial charge in [0.15, 0.2) is 6.10 Å². The molecule has 1 unspecified atom stereocenters. The van der Waals surface area contributed by atoms with Gasteiger partial charge in [0, 0.05) is 19.4 Å². The van der Waals surface area contributed by atoms with Crippen molar-refractivity contribution in [3.05, 3.63) is 97.2 Å². The summed E-state index contributed by atoms with van der Waals surface area (Å²) >= 11 is 0. The van der Waals surface area contributed by atoms with Crippen molar-refractivity contribution in [2.75, 3.05) is 19.8 Å². The lowest BCUT2D eigenvalue weighted by molar-refractivity contribution is -0.163. The summed E-state index contributed by atoms with van der Waals surface area (Å²) < 4.78 is 17.4. The molecule has 64 heavy (non-hydrogen) atoms. The minimum Gasteiger partial charge on any atom is -0.462 e. The predicted octanol–water partition coefficient (Wildman–Crippen LogP) is 18.2. The van der Waals surface area contributed by atoms with Gasteiger partial charge < -0.3 is 14.2 Å². The van der Waals surface area contributed by atoms with Crippen molar-refractivity contribution in [1.29, 1.82) is 0 Å². The molecule has 0 heterocycles. The first-order valence-corrected chi connectivity index (χ1v) is 26.8. The maximum atomic E-state index is 12.8. The van der Waals surface area contributed by atoms with Crippen molar-refractivity contribution < 1.29 is 23.8 Å². The van der Waals surface area contributed by atoms with Gasteiger partial charge in [0.05, 0.1) is 6.61 Å². The molecule has 0 aromatic heterocycles. The van der Waals surface area contributed by atoms with Gasteiger partial charge in [0.2, 0.25) is 0 Å². The van der Waals surface area contributed by atoms with E-state index in [0.717, 1.165) is 116 Å². The Kier molecular flexibility index (Phi) is 51.5. The summed E-state index contributed by atoms with van der Waals surface area (Å²) in [6.07, 6.45) is 72.7. The highest BCUT2D eigenvalue weighted by Gasteiger charge is 2.17. The minimum absolute atomic E-state index is 0.0643. The number of hydrogen-bond acceptors (Lipinski definition) is 5. The van der Waals surface area contributed by atoms with Crippen LogP contribution >= 0.6 is 0 Å². The molecule has 0 rings (SSSR count). The minimum atomic E-state index is -0.560. The molecular weight excluding hydrogens is 789 g/mol. The fourth-order valence-corrected chi connectivity index (χ4v) is 7.16. The van der Waals surface area contributed by atoms with E-state index in [-0.39, 0.29) is 25.2 Å². The van der Waals surface area contributed by atoms with E-state index in [9.17, 15) is 9.59 Å². The number of unbranched alkanes of at least 4 members (excludes halogenated alkanes) is 21. The maximum absolute atomic E-state index is 12.8. The quantitative estimate of drug-likeness (QED) is 0.0346. The van der Waals surface area contributed by atoms with Crippen LogP contribution in [0.5, 0.6) is 0 Å². The number of carbonyl (C=O) groups excluding carboxylic acids is 2. The van der Waals surface area contributed by atoms with Gasteiger partial charge in [0.1, 0.15) is 6.61 Å². The highest BCUT2D eigenvalue weighted by atomic mass is 16.6. The van der Waals surface area contributed by atoms with Crippen molar-refractivity contribution in [1.82, 2.24) is 0 Å². The number of rotatable bonds is 48. The molecule has 1 atom stereocenters. The van der Waals surface area contributed by atoms with Gasteiger partial charge >= 0.3 is 11.9 Å². The molecule has 0 spiro atoms. The zero-order chi connectivity index (χ0) is 46.3. The first-order chi connectivity index (χ1) is 31.6. The van der Waals surface area contributed by atoms with Gasteiger partial charge in [-0.3, -0.25) is 9.59 Å². The van der Waals surface area contributed by atoms with Crippen LogP contribution in [0.1, 0.15) is 239 Å². The molecule has 0 saturated carbocycles. The summed E-state index contributed by atoms with van der Waals surface area (Å²) in [4.78, 5) is 25.5. The Bertz CT molecular complexity index is 1230. The molecule has 0 N–H and O–H groups in total. The Morgan fingerprint density at radius 2 is 0.703 bits per heavy atom. The van der Waals surface area contributed by atoms with E-state index in [1.807, 2.05) is 0 Å². The van der Waals surface area contributed by atoms with Gasteiger partial charge in [-0.15, -0.1) is 0 Å². The second-order valence-corrected chi connectivity index (χ2v) is 17.4. The smallest absolute Gasteiger partial charge is 0.306 e. The molecule has 0 fully saturated rings. The Hall–Kier alpha value is -3.18. The standard InChI is InChI=1S/C59H100O5/c1-4-7-10-13-16-19-22-25-28-30-32-34-37-40-43-46-49-52-58(60)63-56-57(55-62-54-51-48-45-42-39-36-33-29-26-23-20-17-14-11-8-5-2)64-59(61)53-50-47-44-41-38-35-31-27-24-21-18-15-12-9-6-3/h7-8,10-11,16-21,25-29,31,57H,4-6,9,12-15,22-24,30,32-56H2,1-3H3/b10-7-,11-8-,19-16-,20-17-,21-18-,28-25-,29-26-,31-27-. The van der Waals surface area contributed by atoms with E-state index in [2.05, 4.69) is 118 Å². The van der Waals surface area contributed by atoms with Crippen LogP contribution in [0.2, 0.25) is 0 Å². The molecule has 366 valence electrons. The van der Waals surface area contributed by atoms with Gasteiger partial charge in [-0.2, -0.15) is 0 Å². The van der Waals surface area contributed by atoms with Gasteiger partial charge in [-0.25, -0.2) is 0 Å². The van der Waals surface area contributed by atoms with E-state index < -0.39 is 6.10 Å². The number of ether oxygens (including phenoxy) is 3. The van der Waals surface area contributed by atoms with Gasteiger partial charge in [-0.05, 0) is 116 Å². The average Bonchev–Trinajstić information content (AvgIpc) is 3.30. The van der Waals surface area contributed by atoms with Crippen LogP contribution in [-0.2, 0) is 23.8 Å². The molecule has 0 aliphatic rings. The molecular formula is C59H100O5. The number of allylic oxidation sites excluding steroid dienone is 16. The van der Waals surface area contributed by atoms with Crippen LogP contribution in [-0.4, -0.2) is 37.9 Å². The topological polar surface area (TPSA) is 61.8 Å². The SMILES string of the molecule is CC/C=C\C/C=C\C/C=C\CCCCCCCCCC(=O)OCC(COCCCCCCCC/C=C\C/C=C\C/C=C\CC)OC(=O)CCCCCCC/C=C\C/C=C\CCCCC. The van der Waals surface area contributed by atoms with Crippen molar-refractivity contribution in [2.24, 2.45) is 0 Å². The molecule has 5 heteroatoms. The van der Waals surface area contributed by atoms with Crippen molar-refractivity contribution in [2.45, 2.75) is 245 Å².